The summed E-state index contributed by atoms with van der Waals surface area (Å²) in [5, 5.41) is 32.0. The first-order chi connectivity index (χ1) is 14.1. The number of allylic oxidation sites excluding steroid dienone is 5. The average molecular weight is 411 g/mol. The lowest BCUT2D eigenvalue weighted by atomic mass is 9.99. The molecule has 0 saturated carbocycles. The molecule has 1 heterocycles. The number of phenolic OH excluding ortho intramolecular Hbond substituents is 1. The van der Waals surface area contributed by atoms with Crippen molar-refractivity contribution in [3.05, 3.63) is 76.6 Å². The second-order valence-electron chi connectivity index (χ2n) is 7.70. The number of rotatable bonds is 7. The lowest BCUT2D eigenvalue weighted by Gasteiger charge is -2.09. The minimum absolute atomic E-state index is 0.0144. The van der Waals surface area contributed by atoms with Crippen molar-refractivity contribution in [3.8, 4) is 5.75 Å². The molecule has 1 fully saturated rings. The van der Waals surface area contributed by atoms with E-state index in [4.69, 9.17) is 0 Å². The van der Waals surface area contributed by atoms with Crippen LogP contribution in [0.1, 0.15) is 33.3 Å². The minimum Gasteiger partial charge on any atom is -0.508 e. The van der Waals surface area contributed by atoms with Crippen LogP contribution < -0.4 is 5.32 Å². The van der Waals surface area contributed by atoms with Crippen molar-refractivity contribution >= 4 is 11.7 Å². The quantitative estimate of drug-likeness (QED) is 0.238. The molecule has 0 aliphatic carbocycles. The first-order valence-corrected chi connectivity index (χ1v) is 9.88. The second kappa shape index (κ2) is 10.1. The smallest absolute Gasteiger partial charge is 0.259 e. The van der Waals surface area contributed by atoms with Gasteiger partial charge >= 0.3 is 0 Å². The molecule has 1 saturated heterocycles. The first-order valence-electron chi connectivity index (χ1n) is 9.88. The van der Waals surface area contributed by atoms with E-state index >= 15 is 0 Å². The van der Waals surface area contributed by atoms with Crippen molar-refractivity contribution in [2.24, 2.45) is 5.92 Å². The third-order valence-corrected chi connectivity index (χ3v) is 5.07. The highest BCUT2D eigenvalue weighted by Gasteiger charge is 2.38. The molecule has 0 aromatic heterocycles. The molecule has 6 heteroatoms. The largest absolute Gasteiger partial charge is 0.508 e. The van der Waals surface area contributed by atoms with Gasteiger partial charge in [0.25, 0.3) is 5.91 Å². The van der Waals surface area contributed by atoms with E-state index in [1.54, 1.807) is 38.1 Å². The molecule has 1 aliphatic heterocycles. The highest BCUT2D eigenvalue weighted by molar-refractivity contribution is 6.27. The molecular formula is C24H29NO5. The Hall–Kier alpha value is -3.12. The number of phenols is 1. The van der Waals surface area contributed by atoms with Crippen LogP contribution in [0.4, 0.5) is 0 Å². The topological polar surface area (TPSA) is 107 Å². The van der Waals surface area contributed by atoms with E-state index in [9.17, 15) is 24.9 Å². The third kappa shape index (κ3) is 5.94. The Kier molecular flexibility index (Phi) is 7.78. The normalized spacial score (nSPS) is 21.7. The summed E-state index contributed by atoms with van der Waals surface area (Å²) in [6.07, 6.45) is 6.93. The summed E-state index contributed by atoms with van der Waals surface area (Å²) in [7, 11) is 0. The number of aliphatic hydroxyl groups is 2. The molecule has 0 bridgehead atoms. The van der Waals surface area contributed by atoms with Crippen LogP contribution in [0.5, 0.6) is 5.75 Å². The van der Waals surface area contributed by atoms with Gasteiger partial charge in [-0.05, 0) is 44.0 Å². The monoisotopic (exact) mass is 411 g/mol. The van der Waals surface area contributed by atoms with Crippen molar-refractivity contribution < 1.29 is 24.9 Å². The summed E-state index contributed by atoms with van der Waals surface area (Å²) in [5.74, 6) is -1.25. The Morgan fingerprint density at radius 3 is 2.40 bits per heavy atom. The number of carbonyl (C=O) groups is 2. The molecule has 0 unspecified atom stereocenters. The van der Waals surface area contributed by atoms with Crippen molar-refractivity contribution in [1.82, 2.24) is 5.32 Å². The summed E-state index contributed by atoms with van der Waals surface area (Å²) in [6.45, 7) is 7.17. The van der Waals surface area contributed by atoms with E-state index in [0.29, 0.717) is 5.57 Å². The first kappa shape index (κ1) is 23.2. The molecule has 0 spiro atoms. The predicted octanol–water partition coefficient (Wildman–Crippen LogP) is 3.28. The van der Waals surface area contributed by atoms with E-state index < -0.39 is 23.8 Å². The van der Waals surface area contributed by atoms with Crippen molar-refractivity contribution in [1.29, 1.82) is 0 Å². The number of carbonyl (C=O) groups excluding carboxylic acids is 2. The number of nitrogens with one attached hydrogen (secondary N) is 1. The Morgan fingerprint density at radius 2 is 1.80 bits per heavy atom. The molecule has 2 rings (SSSR count). The zero-order valence-corrected chi connectivity index (χ0v) is 17.7. The predicted molar refractivity (Wildman–Crippen MR) is 116 cm³/mol. The Labute approximate surface area is 176 Å². The minimum atomic E-state index is -0.755. The van der Waals surface area contributed by atoms with Gasteiger partial charge in [0, 0.05) is 12.3 Å². The standard InChI is InChI=1S/C24H29NO5/c1-14(12-16(3)17(4)26)6-5-7-15(2)22(28)21-23(29)20(25-24(21)30)13-18-8-10-19(27)11-9-18/h5-12,16-17,20,26-28H,13H2,1-4H3,(H,25,30)/b6-5+,14-12+,15-7+,22-21?/t16-,17+,20+/m1/s1. The number of amides is 1. The van der Waals surface area contributed by atoms with Gasteiger partial charge in [-0.15, -0.1) is 0 Å². The fraction of sp³-hybridized carbons (Fsp3) is 0.333. The fourth-order valence-corrected chi connectivity index (χ4v) is 3.05. The van der Waals surface area contributed by atoms with E-state index in [-0.39, 0.29) is 29.4 Å². The maximum Gasteiger partial charge on any atom is 0.259 e. The van der Waals surface area contributed by atoms with E-state index in [2.05, 4.69) is 5.32 Å². The van der Waals surface area contributed by atoms with Gasteiger partial charge in [0.15, 0.2) is 5.78 Å². The van der Waals surface area contributed by atoms with Crippen LogP contribution in [-0.4, -0.2) is 39.2 Å². The molecule has 1 aromatic rings. The van der Waals surface area contributed by atoms with Crippen LogP contribution in [0.25, 0.3) is 0 Å². The number of ketones is 1. The van der Waals surface area contributed by atoms with Gasteiger partial charge in [-0.2, -0.15) is 0 Å². The molecule has 160 valence electrons. The highest BCUT2D eigenvalue weighted by Crippen LogP contribution is 2.22. The number of aliphatic hydroxyl groups excluding tert-OH is 2. The van der Waals surface area contributed by atoms with Crippen molar-refractivity contribution in [2.75, 3.05) is 0 Å². The molecule has 3 atom stereocenters. The Morgan fingerprint density at radius 1 is 1.17 bits per heavy atom. The molecule has 1 aliphatic rings. The van der Waals surface area contributed by atoms with Gasteiger partial charge in [0.2, 0.25) is 0 Å². The van der Waals surface area contributed by atoms with Crippen molar-refractivity contribution in [2.45, 2.75) is 46.3 Å². The fourth-order valence-electron chi connectivity index (χ4n) is 3.05. The summed E-state index contributed by atoms with van der Waals surface area (Å²) < 4.78 is 0. The highest BCUT2D eigenvalue weighted by atomic mass is 16.3. The molecule has 30 heavy (non-hydrogen) atoms. The zero-order chi connectivity index (χ0) is 22.4. The van der Waals surface area contributed by atoms with E-state index in [1.165, 1.54) is 12.1 Å². The average Bonchev–Trinajstić information content (AvgIpc) is 2.95. The van der Waals surface area contributed by atoms with Crippen LogP contribution in [0, 0.1) is 5.92 Å². The summed E-state index contributed by atoms with van der Waals surface area (Å²) in [5.41, 5.74) is 1.89. The van der Waals surface area contributed by atoms with Crippen molar-refractivity contribution in [3.63, 3.8) is 0 Å². The zero-order valence-electron chi connectivity index (χ0n) is 17.7. The van der Waals surface area contributed by atoms with Crippen LogP contribution in [0.2, 0.25) is 0 Å². The molecule has 1 aromatic carbocycles. The number of aromatic hydroxyl groups is 1. The van der Waals surface area contributed by atoms with Crippen LogP contribution in [-0.2, 0) is 16.0 Å². The number of Topliss-reactive ketones (excluding diaryl/α,β-unsaturated/α-hetero) is 1. The van der Waals surface area contributed by atoms with E-state index in [0.717, 1.165) is 11.1 Å². The molecule has 4 N–H and O–H groups in total. The van der Waals surface area contributed by atoms with Gasteiger partial charge in [-0.3, -0.25) is 9.59 Å². The van der Waals surface area contributed by atoms with Gasteiger partial charge < -0.3 is 20.6 Å². The second-order valence-corrected chi connectivity index (χ2v) is 7.70. The molecular weight excluding hydrogens is 382 g/mol. The summed E-state index contributed by atoms with van der Waals surface area (Å²) in [4.78, 5) is 25.0. The molecule has 0 radical (unpaired) electrons. The van der Waals surface area contributed by atoms with Gasteiger partial charge in [0.1, 0.15) is 17.1 Å². The van der Waals surface area contributed by atoms with Crippen LogP contribution >= 0.6 is 0 Å². The SMILES string of the molecule is CC(/C=C/C=C(\C)C(O)=C1C(=O)N[C@@H](Cc2ccc(O)cc2)C1=O)=C\[C@@H](C)[C@H](C)O. The number of benzene rings is 1. The molecule has 6 nitrogen and oxygen atoms in total. The lowest BCUT2D eigenvalue weighted by Crippen LogP contribution is -2.31. The van der Waals surface area contributed by atoms with Gasteiger partial charge in [-0.1, -0.05) is 48.9 Å². The number of hydrogen-bond acceptors (Lipinski definition) is 5. The van der Waals surface area contributed by atoms with Gasteiger partial charge in [0.05, 0.1) is 12.1 Å². The van der Waals surface area contributed by atoms with Crippen LogP contribution in [0.3, 0.4) is 0 Å². The van der Waals surface area contributed by atoms with Gasteiger partial charge in [-0.25, -0.2) is 0 Å². The maximum absolute atomic E-state index is 12.7. The van der Waals surface area contributed by atoms with E-state index in [1.807, 2.05) is 26.0 Å². The summed E-state index contributed by atoms with van der Waals surface area (Å²) in [6, 6.07) is 5.64. The molecule has 1 amide bonds. The summed E-state index contributed by atoms with van der Waals surface area (Å²) >= 11 is 0. The lowest BCUT2D eigenvalue weighted by molar-refractivity contribution is -0.117. The third-order valence-electron chi connectivity index (χ3n) is 5.07. The maximum atomic E-state index is 12.7. The Balaban J connectivity index is 2.14. The van der Waals surface area contributed by atoms with Crippen LogP contribution in [0.15, 0.2) is 71.0 Å². The Bertz CT molecular complexity index is 919. The number of hydrogen-bond donors (Lipinski definition) is 4.